The molecule has 0 radical (unpaired) electrons. The second-order valence-electron chi connectivity index (χ2n) is 4.09. The van der Waals surface area contributed by atoms with Gasteiger partial charge < -0.3 is 10.5 Å². The normalized spacial score (nSPS) is 10.4. The Bertz CT molecular complexity index is 551. The van der Waals surface area contributed by atoms with E-state index in [4.69, 9.17) is 10.5 Å². The van der Waals surface area contributed by atoms with Crippen LogP contribution in [0.2, 0.25) is 0 Å². The van der Waals surface area contributed by atoms with Crippen LogP contribution in [0, 0.1) is 12.7 Å². The number of halogens is 2. The van der Waals surface area contributed by atoms with Crippen LogP contribution >= 0.6 is 15.9 Å². The van der Waals surface area contributed by atoms with Gasteiger partial charge in [0.25, 0.3) is 0 Å². The Morgan fingerprint density at radius 1 is 1.22 bits per heavy atom. The molecule has 0 saturated heterocycles. The minimum atomic E-state index is -0.258. The highest BCUT2D eigenvalue weighted by atomic mass is 79.9. The summed E-state index contributed by atoms with van der Waals surface area (Å²) in [7, 11) is 0. The fourth-order valence-electron chi connectivity index (χ4n) is 1.69. The molecule has 2 aromatic carbocycles. The van der Waals surface area contributed by atoms with Crippen LogP contribution in [0.25, 0.3) is 0 Å². The monoisotopic (exact) mass is 309 g/mol. The Morgan fingerprint density at radius 3 is 2.67 bits per heavy atom. The van der Waals surface area contributed by atoms with Crippen molar-refractivity contribution in [2.24, 2.45) is 0 Å². The predicted molar refractivity (Wildman–Crippen MR) is 74.0 cm³/mol. The summed E-state index contributed by atoms with van der Waals surface area (Å²) in [6.07, 6.45) is 0. The summed E-state index contributed by atoms with van der Waals surface area (Å²) >= 11 is 3.38. The number of nitrogens with two attached hydrogens (primary N) is 1. The van der Waals surface area contributed by atoms with Gasteiger partial charge in [0, 0.05) is 10.2 Å². The molecule has 94 valence electrons. The Hall–Kier alpha value is -1.55. The number of nitrogen functional groups attached to an aromatic ring is 1. The average Bonchev–Trinajstić information content (AvgIpc) is 2.26. The van der Waals surface area contributed by atoms with E-state index < -0.39 is 0 Å². The summed E-state index contributed by atoms with van der Waals surface area (Å²) in [6.45, 7) is 2.21. The number of hydrogen-bond donors (Lipinski definition) is 1. The van der Waals surface area contributed by atoms with E-state index in [1.54, 1.807) is 6.07 Å². The van der Waals surface area contributed by atoms with E-state index in [9.17, 15) is 4.39 Å². The lowest BCUT2D eigenvalue weighted by Gasteiger charge is -2.10. The van der Waals surface area contributed by atoms with Gasteiger partial charge in [-0.1, -0.05) is 15.9 Å². The van der Waals surface area contributed by atoms with Crippen LogP contribution in [0.5, 0.6) is 5.75 Å². The molecule has 0 spiro atoms. The number of hydrogen-bond acceptors (Lipinski definition) is 2. The van der Waals surface area contributed by atoms with Gasteiger partial charge in [-0.2, -0.15) is 0 Å². The third kappa shape index (κ3) is 3.23. The van der Waals surface area contributed by atoms with E-state index in [2.05, 4.69) is 15.9 Å². The molecule has 2 nitrogen and oxygen atoms in total. The molecule has 0 amide bonds. The number of aryl methyl sites for hydroxylation is 1. The number of ether oxygens (including phenoxy) is 1. The van der Waals surface area contributed by atoms with Gasteiger partial charge in [0.2, 0.25) is 0 Å². The molecule has 0 unspecified atom stereocenters. The quantitative estimate of drug-likeness (QED) is 0.868. The highest BCUT2D eigenvalue weighted by Crippen LogP contribution is 2.22. The second-order valence-corrected chi connectivity index (χ2v) is 5.01. The Morgan fingerprint density at radius 2 is 2.00 bits per heavy atom. The summed E-state index contributed by atoms with van der Waals surface area (Å²) in [5.41, 5.74) is 8.16. The Balaban J connectivity index is 2.11. The smallest absolute Gasteiger partial charge is 0.123 e. The van der Waals surface area contributed by atoms with Gasteiger partial charge in [-0.25, -0.2) is 4.39 Å². The van der Waals surface area contributed by atoms with E-state index in [-0.39, 0.29) is 5.82 Å². The molecule has 0 saturated carbocycles. The van der Waals surface area contributed by atoms with E-state index in [1.807, 2.05) is 25.1 Å². The van der Waals surface area contributed by atoms with Crippen molar-refractivity contribution in [1.29, 1.82) is 0 Å². The molecular weight excluding hydrogens is 297 g/mol. The second kappa shape index (κ2) is 5.40. The molecule has 0 bridgehead atoms. The topological polar surface area (TPSA) is 35.2 Å². The molecule has 2 rings (SSSR count). The fraction of sp³-hybridized carbons (Fsp3) is 0.143. The Labute approximate surface area is 114 Å². The van der Waals surface area contributed by atoms with E-state index >= 15 is 0 Å². The highest BCUT2D eigenvalue weighted by Gasteiger charge is 2.03. The van der Waals surface area contributed by atoms with Gasteiger partial charge in [0.1, 0.15) is 18.2 Å². The first-order chi connectivity index (χ1) is 8.54. The first kappa shape index (κ1) is 12.9. The van der Waals surface area contributed by atoms with Gasteiger partial charge in [-0.05, 0) is 54.4 Å². The van der Waals surface area contributed by atoms with Crippen molar-refractivity contribution in [2.45, 2.75) is 13.5 Å². The molecule has 0 heterocycles. The van der Waals surface area contributed by atoms with Crippen LogP contribution in [-0.2, 0) is 6.61 Å². The number of benzene rings is 2. The molecular formula is C14H13BrFNO. The van der Waals surface area contributed by atoms with Crippen LogP contribution in [0.3, 0.4) is 0 Å². The lowest BCUT2D eigenvalue weighted by molar-refractivity contribution is 0.303. The van der Waals surface area contributed by atoms with Crippen molar-refractivity contribution in [2.75, 3.05) is 5.73 Å². The minimum Gasteiger partial charge on any atom is -0.489 e. The maximum atomic E-state index is 12.9. The van der Waals surface area contributed by atoms with Crippen LogP contribution in [0.15, 0.2) is 40.9 Å². The zero-order valence-electron chi connectivity index (χ0n) is 9.91. The van der Waals surface area contributed by atoms with Crippen LogP contribution in [-0.4, -0.2) is 0 Å². The summed E-state index contributed by atoms with van der Waals surface area (Å²) in [4.78, 5) is 0. The van der Waals surface area contributed by atoms with Crippen molar-refractivity contribution in [1.82, 2.24) is 0 Å². The zero-order valence-corrected chi connectivity index (χ0v) is 11.5. The molecule has 0 fully saturated rings. The van der Waals surface area contributed by atoms with Gasteiger partial charge in [-0.15, -0.1) is 0 Å². The standard InChI is InChI=1S/C14H13BrFNO/c1-9-4-12(16)2-3-14(9)18-8-10-5-11(15)7-13(17)6-10/h2-7H,8,17H2,1H3. The molecule has 2 N–H and O–H groups in total. The summed E-state index contributed by atoms with van der Waals surface area (Å²) in [5.74, 6) is 0.418. The maximum Gasteiger partial charge on any atom is 0.123 e. The molecule has 0 atom stereocenters. The van der Waals surface area contributed by atoms with Crippen LogP contribution < -0.4 is 10.5 Å². The molecule has 2 aromatic rings. The average molecular weight is 310 g/mol. The molecule has 0 aromatic heterocycles. The van der Waals surface area contributed by atoms with Crippen molar-refractivity contribution in [3.63, 3.8) is 0 Å². The van der Waals surface area contributed by atoms with Gasteiger partial charge in [0.05, 0.1) is 0 Å². The molecule has 4 heteroatoms. The van der Waals surface area contributed by atoms with Crippen LogP contribution in [0.1, 0.15) is 11.1 Å². The largest absolute Gasteiger partial charge is 0.489 e. The zero-order chi connectivity index (χ0) is 13.1. The van der Waals surface area contributed by atoms with E-state index in [0.29, 0.717) is 18.0 Å². The van der Waals surface area contributed by atoms with Gasteiger partial charge >= 0.3 is 0 Å². The predicted octanol–water partition coefficient (Wildman–Crippen LogP) is 4.06. The summed E-state index contributed by atoms with van der Waals surface area (Å²) in [6, 6.07) is 10.1. The van der Waals surface area contributed by atoms with Gasteiger partial charge in [-0.3, -0.25) is 0 Å². The summed E-state index contributed by atoms with van der Waals surface area (Å²) < 4.78 is 19.5. The van der Waals surface area contributed by atoms with Crippen molar-refractivity contribution >= 4 is 21.6 Å². The third-order valence-corrected chi connectivity index (χ3v) is 2.97. The SMILES string of the molecule is Cc1cc(F)ccc1OCc1cc(N)cc(Br)c1. The number of anilines is 1. The Kier molecular flexibility index (Phi) is 3.87. The maximum absolute atomic E-state index is 12.9. The van der Waals surface area contributed by atoms with E-state index in [1.165, 1.54) is 12.1 Å². The molecule has 18 heavy (non-hydrogen) atoms. The lowest BCUT2D eigenvalue weighted by atomic mass is 10.2. The molecule has 0 aliphatic carbocycles. The van der Waals surface area contributed by atoms with Crippen molar-refractivity contribution < 1.29 is 9.13 Å². The summed E-state index contributed by atoms with van der Waals surface area (Å²) in [5, 5.41) is 0. The first-order valence-corrected chi connectivity index (χ1v) is 6.28. The highest BCUT2D eigenvalue weighted by molar-refractivity contribution is 9.10. The number of rotatable bonds is 3. The van der Waals surface area contributed by atoms with Crippen molar-refractivity contribution in [3.8, 4) is 5.75 Å². The van der Waals surface area contributed by atoms with Crippen LogP contribution in [0.4, 0.5) is 10.1 Å². The molecule has 0 aliphatic rings. The van der Waals surface area contributed by atoms with Gasteiger partial charge in [0.15, 0.2) is 0 Å². The minimum absolute atomic E-state index is 0.258. The fourth-order valence-corrected chi connectivity index (χ4v) is 2.25. The van der Waals surface area contributed by atoms with E-state index in [0.717, 1.165) is 15.6 Å². The third-order valence-electron chi connectivity index (χ3n) is 2.51. The first-order valence-electron chi connectivity index (χ1n) is 5.48. The van der Waals surface area contributed by atoms with Crippen molar-refractivity contribution in [3.05, 3.63) is 57.8 Å². The lowest BCUT2D eigenvalue weighted by Crippen LogP contribution is -1.98. The molecule has 0 aliphatic heterocycles.